The average molecular weight is 299 g/mol. The Hall–Kier alpha value is -0.120. The van der Waals surface area contributed by atoms with Gasteiger partial charge in [0.15, 0.2) is 0 Å². The van der Waals surface area contributed by atoms with Gasteiger partial charge in [-0.25, -0.2) is 0 Å². The first-order valence-corrected chi connectivity index (χ1v) is 8.87. The highest BCUT2D eigenvalue weighted by Crippen LogP contribution is 2.40. The molecule has 126 valence electrons. The predicted octanol–water partition coefficient (Wildman–Crippen LogP) is 3.13. The van der Waals surface area contributed by atoms with Gasteiger partial charge in [-0.05, 0) is 56.9 Å². The molecule has 0 amide bonds. The SMILES string of the molecule is CCNC1CCC(C(C)(C)C)CC1CN(CCO)C(C)C. The maximum absolute atomic E-state index is 9.31. The van der Waals surface area contributed by atoms with Gasteiger partial charge in [0.2, 0.25) is 0 Å². The monoisotopic (exact) mass is 298 g/mol. The molecule has 0 spiro atoms. The van der Waals surface area contributed by atoms with E-state index >= 15 is 0 Å². The summed E-state index contributed by atoms with van der Waals surface area (Å²) < 4.78 is 0. The van der Waals surface area contributed by atoms with E-state index in [1.165, 1.54) is 19.3 Å². The Morgan fingerprint density at radius 1 is 1.24 bits per heavy atom. The number of nitrogens with zero attached hydrogens (tertiary/aromatic N) is 1. The molecule has 21 heavy (non-hydrogen) atoms. The van der Waals surface area contributed by atoms with Crippen LogP contribution in [0, 0.1) is 17.3 Å². The van der Waals surface area contributed by atoms with Crippen LogP contribution >= 0.6 is 0 Å². The summed E-state index contributed by atoms with van der Waals surface area (Å²) in [5.41, 5.74) is 0.412. The van der Waals surface area contributed by atoms with Crippen LogP contribution in [-0.2, 0) is 0 Å². The molecular formula is C18H38N2O. The maximum atomic E-state index is 9.31. The zero-order valence-corrected chi connectivity index (χ0v) is 15.2. The topological polar surface area (TPSA) is 35.5 Å². The van der Waals surface area contributed by atoms with Gasteiger partial charge in [-0.1, -0.05) is 27.7 Å². The van der Waals surface area contributed by atoms with Crippen molar-refractivity contribution in [2.75, 3.05) is 26.2 Å². The van der Waals surface area contributed by atoms with Gasteiger partial charge < -0.3 is 10.4 Å². The lowest BCUT2D eigenvalue weighted by Gasteiger charge is -2.44. The second kappa shape index (κ2) is 8.50. The van der Waals surface area contributed by atoms with Gasteiger partial charge in [0.1, 0.15) is 0 Å². The van der Waals surface area contributed by atoms with Crippen molar-refractivity contribution in [1.82, 2.24) is 10.2 Å². The van der Waals surface area contributed by atoms with Crippen molar-refractivity contribution in [2.24, 2.45) is 17.3 Å². The number of hydrogen-bond donors (Lipinski definition) is 2. The molecule has 2 N–H and O–H groups in total. The Kier molecular flexibility index (Phi) is 7.66. The summed E-state index contributed by atoms with van der Waals surface area (Å²) >= 11 is 0. The zero-order valence-electron chi connectivity index (χ0n) is 15.2. The van der Waals surface area contributed by atoms with E-state index in [0.717, 1.165) is 25.6 Å². The summed E-state index contributed by atoms with van der Waals surface area (Å²) in [7, 11) is 0. The number of nitrogens with one attached hydrogen (secondary N) is 1. The van der Waals surface area contributed by atoms with E-state index < -0.39 is 0 Å². The molecule has 1 aliphatic rings. The minimum atomic E-state index is 0.263. The normalized spacial score (nSPS) is 27.6. The fourth-order valence-electron chi connectivity index (χ4n) is 3.77. The summed E-state index contributed by atoms with van der Waals surface area (Å²) in [4.78, 5) is 2.44. The predicted molar refractivity (Wildman–Crippen MR) is 91.5 cm³/mol. The van der Waals surface area contributed by atoms with E-state index in [1.807, 2.05) is 0 Å². The molecule has 0 aromatic rings. The number of aliphatic hydroxyl groups excluding tert-OH is 1. The quantitative estimate of drug-likeness (QED) is 0.758. The Balaban J connectivity index is 2.74. The van der Waals surface area contributed by atoms with Gasteiger partial charge in [-0.2, -0.15) is 0 Å². The van der Waals surface area contributed by atoms with Crippen molar-refractivity contribution in [1.29, 1.82) is 0 Å². The smallest absolute Gasteiger partial charge is 0.0558 e. The van der Waals surface area contributed by atoms with Crippen molar-refractivity contribution in [2.45, 2.75) is 72.9 Å². The van der Waals surface area contributed by atoms with E-state index in [4.69, 9.17) is 0 Å². The third-order valence-corrected chi connectivity index (χ3v) is 5.26. The Bertz CT molecular complexity index is 285. The van der Waals surface area contributed by atoms with Gasteiger partial charge >= 0.3 is 0 Å². The Morgan fingerprint density at radius 3 is 2.38 bits per heavy atom. The molecule has 1 aliphatic carbocycles. The van der Waals surface area contributed by atoms with Gasteiger partial charge in [0, 0.05) is 25.2 Å². The highest BCUT2D eigenvalue weighted by atomic mass is 16.3. The van der Waals surface area contributed by atoms with Crippen molar-refractivity contribution >= 4 is 0 Å². The summed E-state index contributed by atoms with van der Waals surface area (Å²) in [5, 5.41) is 13.0. The minimum Gasteiger partial charge on any atom is -0.395 e. The molecule has 0 aromatic carbocycles. The van der Waals surface area contributed by atoms with E-state index in [0.29, 0.717) is 23.4 Å². The fourth-order valence-corrected chi connectivity index (χ4v) is 3.77. The molecule has 0 bridgehead atoms. The van der Waals surface area contributed by atoms with Crippen LogP contribution in [-0.4, -0.2) is 48.3 Å². The van der Waals surface area contributed by atoms with Crippen LogP contribution in [0.3, 0.4) is 0 Å². The average Bonchev–Trinajstić information content (AvgIpc) is 2.39. The van der Waals surface area contributed by atoms with Crippen LogP contribution in [0.2, 0.25) is 0 Å². The van der Waals surface area contributed by atoms with Gasteiger partial charge in [0.25, 0.3) is 0 Å². The molecule has 0 radical (unpaired) electrons. The first-order valence-electron chi connectivity index (χ1n) is 8.87. The molecule has 3 unspecified atom stereocenters. The standard InChI is InChI=1S/C18H38N2O/c1-7-19-17-9-8-16(18(4,5)6)12-15(17)13-20(10-11-21)14(2)3/h14-17,19,21H,7-13H2,1-6H3. The maximum Gasteiger partial charge on any atom is 0.0558 e. The molecular weight excluding hydrogens is 260 g/mol. The van der Waals surface area contributed by atoms with Crippen LogP contribution in [0.4, 0.5) is 0 Å². The lowest BCUT2D eigenvalue weighted by Crippen LogP contribution is -2.49. The van der Waals surface area contributed by atoms with Crippen molar-refractivity contribution in [3.8, 4) is 0 Å². The van der Waals surface area contributed by atoms with Gasteiger partial charge in [0.05, 0.1) is 6.61 Å². The molecule has 1 saturated carbocycles. The van der Waals surface area contributed by atoms with Crippen LogP contribution < -0.4 is 5.32 Å². The lowest BCUT2D eigenvalue weighted by molar-refractivity contribution is 0.0706. The fraction of sp³-hybridized carbons (Fsp3) is 1.00. The van der Waals surface area contributed by atoms with Gasteiger partial charge in [-0.15, -0.1) is 0 Å². The largest absolute Gasteiger partial charge is 0.395 e. The van der Waals surface area contributed by atoms with E-state index in [1.54, 1.807) is 0 Å². The number of hydrogen-bond acceptors (Lipinski definition) is 3. The third kappa shape index (κ3) is 5.88. The summed E-state index contributed by atoms with van der Waals surface area (Å²) in [6.45, 7) is 17.1. The van der Waals surface area contributed by atoms with Crippen molar-refractivity contribution < 1.29 is 5.11 Å². The zero-order chi connectivity index (χ0) is 16.0. The van der Waals surface area contributed by atoms with Crippen LogP contribution in [0.5, 0.6) is 0 Å². The first-order chi connectivity index (χ1) is 9.79. The highest BCUT2D eigenvalue weighted by Gasteiger charge is 2.36. The molecule has 1 fully saturated rings. The molecule has 0 saturated heterocycles. The number of aliphatic hydroxyl groups is 1. The summed E-state index contributed by atoms with van der Waals surface area (Å²) in [6, 6.07) is 1.16. The molecule has 3 nitrogen and oxygen atoms in total. The number of rotatable bonds is 7. The summed E-state index contributed by atoms with van der Waals surface area (Å²) in [6.07, 6.45) is 3.96. The van der Waals surface area contributed by atoms with Crippen molar-refractivity contribution in [3.63, 3.8) is 0 Å². The Morgan fingerprint density at radius 2 is 1.90 bits per heavy atom. The Labute approximate surface area is 132 Å². The third-order valence-electron chi connectivity index (χ3n) is 5.26. The van der Waals surface area contributed by atoms with Crippen molar-refractivity contribution in [3.05, 3.63) is 0 Å². The second-order valence-electron chi connectivity index (χ2n) is 8.11. The first kappa shape index (κ1) is 18.9. The molecule has 0 heterocycles. The van der Waals surface area contributed by atoms with Crippen LogP contribution in [0.1, 0.15) is 60.8 Å². The van der Waals surface area contributed by atoms with E-state index in [2.05, 4.69) is 51.8 Å². The molecule has 0 aliphatic heterocycles. The molecule has 3 atom stereocenters. The van der Waals surface area contributed by atoms with E-state index in [-0.39, 0.29) is 6.61 Å². The minimum absolute atomic E-state index is 0.263. The highest BCUT2D eigenvalue weighted by molar-refractivity contribution is 4.90. The lowest BCUT2D eigenvalue weighted by atomic mass is 9.67. The summed E-state index contributed by atoms with van der Waals surface area (Å²) in [5.74, 6) is 1.53. The van der Waals surface area contributed by atoms with Gasteiger partial charge in [-0.3, -0.25) is 4.90 Å². The van der Waals surface area contributed by atoms with Crippen LogP contribution in [0.15, 0.2) is 0 Å². The van der Waals surface area contributed by atoms with E-state index in [9.17, 15) is 5.11 Å². The molecule has 1 rings (SSSR count). The molecule has 3 heteroatoms. The molecule has 0 aromatic heterocycles. The van der Waals surface area contributed by atoms with Crippen LogP contribution in [0.25, 0.3) is 0 Å². The second-order valence-corrected chi connectivity index (χ2v) is 8.11.